The predicted molar refractivity (Wildman–Crippen MR) is 68.5 cm³/mol. The van der Waals surface area contributed by atoms with Crippen LogP contribution < -0.4 is 19.1 Å². The molecule has 2 aromatic carbocycles. The quantitative estimate of drug-likeness (QED) is 0.567. The normalized spacial score (nSPS) is 16.4. The third-order valence-electron chi connectivity index (χ3n) is 2.73. The second kappa shape index (κ2) is 4.33. The second-order valence-corrected chi connectivity index (χ2v) is 6.87. The van der Waals surface area contributed by atoms with Crippen LogP contribution in [0.3, 0.4) is 0 Å². The van der Waals surface area contributed by atoms with Crippen molar-refractivity contribution in [3.63, 3.8) is 0 Å². The van der Waals surface area contributed by atoms with Gasteiger partial charge < -0.3 is 0 Å². The summed E-state index contributed by atoms with van der Waals surface area (Å²) in [5.74, 6) is 1.02. The van der Waals surface area contributed by atoms with Gasteiger partial charge in [-0.3, -0.25) is 0 Å². The minimum absolute atomic E-state index is 0.326. The van der Waals surface area contributed by atoms with Crippen LogP contribution in [0.4, 0.5) is 0 Å². The van der Waals surface area contributed by atoms with E-state index < -0.39 is 21.0 Å². The van der Waals surface area contributed by atoms with Gasteiger partial charge in [0.05, 0.1) is 0 Å². The summed E-state index contributed by atoms with van der Waals surface area (Å²) in [5, 5.41) is 18.2. The van der Waals surface area contributed by atoms with Gasteiger partial charge >= 0.3 is 108 Å². The van der Waals surface area contributed by atoms with Crippen LogP contribution in [0.1, 0.15) is 0 Å². The average molecular weight is 307 g/mol. The van der Waals surface area contributed by atoms with Gasteiger partial charge in [0, 0.05) is 0 Å². The first-order chi connectivity index (χ1) is 8.66. The molecule has 0 fully saturated rings. The Hall–Kier alpha value is -1.46. The molecule has 3 rings (SSSR count). The van der Waals surface area contributed by atoms with E-state index in [0.717, 1.165) is 4.46 Å². The van der Waals surface area contributed by atoms with Gasteiger partial charge in [-0.25, -0.2) is 0 Å². The van der Waals surface area contributed by atoms with Crippen molar-refractivity contribution in [1.29, 1.82) is 0 Å². The second-order valence-electron chi connectivity index (χ2n) is 3.90. The number of hydrogen-bond donors (Lipinski definition) is 2. The Morgan fingerprint density at radius 3 is 2.50 bits per heavy atom. The first-order valence-electron chi connectivity index (χ1n) is 5.35. The molecule has 1 unspecified atom stereocenters. The van der Waals surface area contributed by atoms with Crippen LogP contribution in [0.15, 0.2) is 42.5 Å². The van der Waals surface area contributed by atoms with Crippen molar-refractivity contribution in [2.45, 2.75) is 0 Å². The Bertz CT molecular complexity index is 642. The van der Waals surface area contributed by atoms with E-state index in [9.17, 15) is 3.83 Å². The van der Waals surface area contributed by atoms with Crippen LogP contribution >= 0.6 is 0 Å². The third kappa shape index (κ3) is 1.80. The first kappa shape index (κ1) is 11.6. The molecule has 0 aromatic heterocycles. The van der Waals surface area contributed by atoms with Crippen molar-refractivity contribution < 1.29 is 18.6 Å². The fraction of sp³-hybridized carbons (Fsp3) is 0. The van der Waals surface area contributed by atoms with Gasteiger partial charge in [-0.2, -0.15) is 0 Å². The van der Waals surface area contributed by atoms with Gasteiger partial charge in [0.25, 0.3) is 0 Å². The Labute approximate surface area is 108 Å². The molecule has 2 aromatic rings. The fourth-order valence-electron chi connectivity index (χ4n) is 1.84. The maximum absolute atomic E-state index is 12.4. The van der Waals surface area contributed by atoms with Gasteiger partial charge in [-0.15, -0.1) is 0 Å². The molecular weight excluding hydrogens is 298 g/mol. The Morgan fingerprint density at radius 2 is 1.72 bits per heavy atom. The van der Waals surface area contributed by atoms with Crippen molar-refractivity contribution >= 4 is 35.3 Å². The molecule has 1 atom stereocenters. The van der Waals surface area contributed by atoms with Crippen molar-refractivity contribution in [2.24, 2.45) is 0 Å². The van der Waals surface area contributed by atoms with Crippen LogP contribution in [0, 0.1) is 0 Å². The summed E-state index contributed by atoms with van der Waals surface area (Å²) in [6.07, 6.45) is 0. The molecule has 0 spiro atoms. The zero-order valence-corrected chi connectivity index (χ0v) is 11.0. The van der Waals surface area contributed by atoms with E-state index in [1.807, 2.05) is 12.1 Å². The number of fused-ring (bicyclic) bond motifs is 2. The molecule has 0 saturated carbocycles. The monoisotopic (exact) mass is 308 g/mol. The van der Waals surface area contributed by atoms with Gasteiger partial charge in [0.15, 0.2) is 0 Å². The number of hydrogen-bond acceptors (Lipinski definition) is 4. The summed E-state index contributed by atoms with van der Waals surface area (Å²) in [6.45, 7) is 0. The van der Waals surface area contributed by atoms with Gasteiger partial charge in [0.1, 0.15) is 0 Å². The van der Waals surface area contributed by atoms with Crippen LogP contribution in [0.5, 0.6) is 11.5 Å². The molecule has 0 aliphatic carbocycles. The summed E-state index contributed by atoms with van der Waals surface area (Å²) in [5.41, 5.74) is 0.326. The van der Waals surface area contributed by atoms with Crippen LogP contribution in [-0.4, -0.2) is 31.0 Å². The molecule has 90 valence electrons. The molecule has 1 aliphatic heterocycles. The standard InChI is InChI=1S/C12H9BO4Se/c14-13(15)8-5-6-12-10(7-8)17-9-3-1-2-4-11(9)18(12)16/h1-7,14-15H. The first-order valence-corrected chi connectivity index (χ1v) is 7.77. The van der Waals surface area contributed by atoms with E-state index in [4.69, 9.17) is 14.8 Å². The van der Waals surface area contributed by atoms with E-state index in [2.05, 4.69) is 0 Å². The van der Waals surface area contributed by atoms with Crippen molar-refractivity contribution in [2.75, 3.05) is 0 Å². The fourth-order valence-corrected chi connectivity index (χ4v) is 4.37. The number of rotatable bonds is 1. The maximum atomic E-state index is 12.4. The Kier molecular flexibility index (Phi) is 2.80. The molecule has 1 heterocycles. The molecule has 1 aliphatic rings. The number of benzene rings is 2. The molecule has 0 radical (unpaired) electrons. The number of para-hydroxylation sites is 1. The molecule has 6 heteroatoms. The summed E-state index contributed by atoms with van der Waals surface area (Å²) in [6, 6.07) is 11.9. The van der Waals surface area contributed by atoms with Gasteiger partial charge in [-0.05, 0) is 0 Å². The predicted octanol–water partition coefficient (Wildman–Crippen LogP) is -0.992. The zero-order valence-electron chi connectivity index (χ0n) is 9.24. The Morgan fingerprint density at radius 1 is 1.00 bits per heavy atom. The average Bonchev–Trinajstić information content (AvgIpc) is 2.38. The molecule has 0 saturated heterocycles. The molecule has 0 amide bonds. The zero-order chi connectivity index (χ0) is 12.7. The Balaban J connectivity index is 2.13. The number of ether oxygens (including phenoxy) is 1. The van der Waals surface area contributed by atoms with E-state index in [1.54, 1.807) is 24.3 Å². The summed E-state index contributed by atoms with van der Waals surface area (Å²) in [4.78, 5) is 0. The minimum atomic E-state index is -2.33. The van der Waals surface area contributed by atoms with Gasteiger partial charge in [0.2, 0.25) is 0 Å². The van der Waals surface area contributed by atoms with Crippen LogP contribution in [0.25, 0.3) is 0 Å². The van der Waals surface area contributed by atoms with Crippen molar-refractivity contribution in [3.05, 3.63) is 42.5 Å². The summed E-state index contributed by atoms with van der Waals surface area (Å²) >= 11 is -2.33. The van der Waals surface area contributed by atoms with E-state index in [1.165, 1.54) is 6.07 Å². The van der Waals surface area contributed by atoms with Crippen molar-refractivity contribution in [1.82, 2.24) is 0 Å². The van der Waals surface area contributed by atoms with Crippen LogP contribution in [0.2, 0.25) is 0 Å². The van der Waals surface area contributed by atoms with Crippen molar-refractivity contribution in [3.8, 4) is 11.5 Å². The van der Waals surface area contributed by atoms with E-state index >= 15 is 0 Å². The van der Waals surface area contributed by atoms with E-state index in [0.29, 0.717) is 21.4 Å². The third-order valence-corrected chi connectivity index (χ3v) is 5.83. The summed E-state index contributed by atoms with van der Waals surface area (Å²) < 4.78 is 19.4. The SMILES string of the molecule is O=[Se]1c2ccccc2Oc2cc(B(O)O)ccc21. The van der Waals surface area contributed by atoms with Crippen LogP contribution in [-0.2, 0) is 3.83 Å². The molecular formula is C12H9BO4Se. The molecule has 0 bridgehead atoms. The molecule has 18 heavy (non-hydrogen) atoms. The summed E-state index contributed by atoms with van der Waals surface area (Å²) in [7, 11) is -1.55. The topological polar surface area (TPSA) is 66.8 Å². The van der Waals surface area contributed by atoms with E-state index in [-0.39, 0.29) is 0 Å². The molecule has 2 N–H and O–H groups in total. The molecule has 4 nitrogen and oxygen atoms in total. The van der Waals surface area contributed by atoms with Gasteiger partial charge in [-0.1, -0.05) is 0 Å².